The van der Waals surface area contributed by atoms with E-state index in [0.29, 0.717) is 12.1 Å². The largest absolute Gasteiger partial charge is 0.496 e. The summed E-state index contributed by atoms with van der Waals surface area (Å²) in [4.78, 5) is 0. The second-order valence-corrected chi connectivity index (χ2v) is 3.61. The van der Waals surface area contributed by atoms with Crippen molar-refractivity contribution in [3.8, 4) is 5.75 Å². The first kappa shape index (κ1) is 14.9. The average molecular weight is 293 g/mol. The Morgan fingerprint density at radius 1 is 1.06 bits per heavy atom. The highest BCUT2D eigenvalue weighted by Crippen LogP contribution is 2.42. The third-order valence-corrected chi connectivity index (χ3v) is 2.45. The van der Waals surface area contributed by atoms with E-state index in [9.17, 15) is 26.3 Å². The zero-order chi connectivity index (χ0) is 14.1. The van der Waals surface area contributed by atoms with Gasteiger partial charge in [0.15, 0.2) is 0 Å². The van der Waals surface area contributed by atoms with Gasteiger partial charge in [-0.3, -0.25) is 0 Å². The van der Waals surface area contributed by atoms with Gasteiger partial charge >= 0.3 is 12.4 Å². The van der Waals surface area contributed by atoms with Crippen LogP contribution in [-0.4, -0.2) is 7.11 Å². The molecule has 0 N–H and O–H groups in total. The van der Waals surface area contributed by atoms with E-state index >= 15 is 0 Å². The molecule has 0 unspecified atom stereocenters. The molecule has 0 spiro atoms. The molecule has 0 aliphatic carbocycles. The minimum absolute atomic E-state index is 0.304. The highest BCUT2D eigenvalue weighted by atomic mass is 35.5. The summed E-state index contributed by atoms with van der Waals surface area (Å²) in [6.07, 6.45) is -9.60. The minimum Gasteiger partial charge on any atom is -0.496 e. The standard InChI is InChI=1S/C10H7ClF6O/c1-18-7-3-6(9(12,13)14)2-5(4-11)8(7)10(15,16)17/h2-3H,4H2,1H3. The van der Waals surface area contributed by atoms with E-state index < -0.39 is 40.7 Å². The van der Waals surface area contributed by atoms with Gasteiger partial charge in [0.05, 0.1) is 12.7 Å². The molecular weight excluding hydrogens is 286 g/mol. The summed E-state index contributed by atoms with van der Waals surface area (Å²) < 4.78 is 79.9. The van der Waals surface area contributed by atoms with Crippen molar-refractivity contribution >= 4 is 11.6 Å². The third-order valence-electron chi connectivity index (χ3n) is 2.16. The molecule has 1 aromatic carbocycles. The van der Waals surface area contributed by atoms with Crippen LogP contribution in [0.4, 0.5) is 26.3 Å². The van der Waals surface area contributed by atoms with Gasteiger partial charge in [-0.1, -0.05) is 0 Å². The van der Waals surface area contributed by atoms with Gasteiger partial charge in [-0.15, -0.1) is 11.6 Å². The number of ether oxygens (including phenoxy) is 1. The Labute approximate surface area is 103 Å². The molecule has 0 radical (unpaired) electrons. The molecule has 1 aromatic rings. The molecule has 102 valence electrons. The van der Waals surface area contributed by atoms with Gasteiger partial charge in [0.1, 0.15) is 11.3 Å². The Kier molecular flexibility index (Phi) is 4.05. The lowest BCUT2D eigenvalue weighted by atomic mass is 10.0. The van der Waals surface area contributed by atoms with Crippen LogP contribution < -0.4 is 4.74 Å². The second-order valence-electron chi connectivity index (χ2n) is 3.34. The van der Waals surface area contributed by atoms with Crippen molar-refractivity contribution in [2.45, 2.75) is 18.2 Å². The first-order valence-corrected chi connectivity index (χ1v) is 5.06. The normalized spacial score (nSPS) is 12.7. The Hall–Kier alpha value is -1.11. The molecule has 0 aromatic heterocycles. The second kappa shape index (κ2) is 4.87. The van der Waals surface area contributed by atoms with Crippen molar-refractivity contribution in [2.75, 3.05) is 7.11 Å². The summed E-state index contributed by atoms with van der Waals surface area (Å²) in [6, 6.07) is 0.678. The smallest absolute Gasteiger partial charge is 0.420 e. The van der Waals surface area contributed by atoms with E-state index in [1.54, 1.807) is 0 Å². The first-order valence-electron chi connectivity index (χ1n) is 4.52. The lowest BCUT2D eigenvalue weighted by Crippen LogP contribution is -2.14. The Morgan fingerprint density at radius 3 is 1.94 bits per heavy atom. The van der Waals surface area contributed by atoms with Gasteiger partial charge in [-0.25, -0.2) is 0 Å². The molecule has 0 aliphatic heterocycles. The van der Waals surface area contributed by atoms with Crippen LogP contribution in [-0.2, 0) is 18.2 Å². The summed E-state index contributed by atoms with van der Waals surface area (Å²) >= 11 is 5.27. The van der Waals surface area contributed by atoms with Gasteiger partial charge in [0.2, 0.25) is 0 Å². The van der Waals surface area contributed by atoms with Crippen LogP contribution in [0.5, 0.6) is 5.75 Å². The van der Waals surface area contributed by atoms with E-state index in [4.69, 9.17) is 11.6 Å². The molecule has 0 aliphatic rings. The van der Waals surface area contributed by atoms with Gasteiger partial charge in [0.25, 0.3) is 0 Å². The first-order chi connectivity index (χ1) is 8.11. The summed E-state index contributed by atoms with van der Waals surface area (Å²) in [5.74, 6) is -1.59. The fourth-order valence-corrected chi connectivity index (χ4v) is 1.64. The van der Waals surface area contributed by atoms with E-state index in [2.05, 4.69) is 4.74 Å². The average Bonchev–Trinajstić information content (AvgIpc) is 2.24. The summed E-state index contributed by atoms with van der Waals surface area (Å²) in [7, 11) is 0.864. The van der Waals surface area contributed by atoms with Crippen LogP contribution in [0.25, 0.3) is 0 Å². The van der Waals surface area contributed by atoms with Crippen LogP contribution in [0.15, 0.2) is 12.1 Å². The molecule has 0 bridgehead atoms. The van der Waals surface area contributed by atoms with Gasteiger partial charge in [0, 0.05) is 5.88 Å². The van der Waals surface area contributed by atoms with Crippen molar-refractivity contribution in [3.05, 3.63) is 28.8 Å². The van der Waals surface area contributed by atoms with Crippen LogP contribution in [0.2, 0.25) is 0 Å². The zero-order valence-electron chi connectivity index (χ0n) is 8.92. The maximum absolute atomic E-state index is 12.7. The molecule has 0 amide bonds. The Balaban J connectivity index is 3.55. The molecule has 0 atom stereocenters. The maximum Gasteiger partial charge on any atom is 0.420 e. The molecule has 18 heavy (non-hydrogen) atoms. The number of benzene rings is 1. The molecular formula is C10H7ClF6O. The summed E-state index contributed by atoms with van der Waals surface area (Å²) in [5.41, 5.74) is -3.19. The van der Waals surface area contributed by atoms with Crippen molar-refractivity contribution in [1.29, 1.82) is 0 Å². The number of halogens is 7. The lowest BCUT2D eigenvalue weighted by molar-refractivity contribution is -0.142. The van der Waals surface area contributed by atoms with Crippen LogP contribution >= 0.6 is 11.6 Å². The van der Waals surface area contributed by atoms with Crippen molar-refractivity contribution in [2.24, 2.45) is 0 Å². The topological polar surface area (TPSA) is 9.23 Å². The van der Waals surface area contributed by atoms with Gasteiger partial charge < -0.3 is 4.74 Å². The monoisotopic (exact) mass is 292 g/mol. The molecule has 0 fully saturated rings. The SMILES string of the molecule is COc1cc(C(F)(F)F)cc(CCl)c1C(F)(F)F. The maximum atomic E-state index is 12.7. The van der Waals surface area contributed by atoms with Gasteiger partial charge in [-0.05, 0) is 17.7 Å². The minimum atomic E-state index is -4.83. The van der Waals surface area contributed by atoms with Gasteiger partial charge in [-0.2, -0.15) is 26.3 Å². The van der Waals surface area contributed by atoms with E-state index in [0.717, 1.165) is 7.11 Å². The highest BCUT2D eigenvalue weighted by molar-refractivity contribution is 6.17. The number of methoxy groups -OCH3 is 1. The van der Waals surface area contributed by atoms with E-state index in [1.165, 1.54) is 0 Å². The number of hydrogen-bond donors (Lipinski definition) is 0. The quantitative estimate of drug-likeness (QED) is 0.577. The summed E-state index contributed by atoms with van der Waals surface area (Å²) in [6.45, 7) is 0. The molecule has 8 heteroatoms. The number of alkyl halides is 7. The molecule has 0 heterocycles. The third kappa shape index (κ3) is 3.01. The molecule has 0 saturated carbocycles. The molecule has 1 rings (SSSR count). The summed E-state index contributed by atoms with van der Waals surface area (Å²) in [5, 5.41) is 0. The number of rotatable bonds is 2. The fourth-order valence-electron chi connectivity index (χ4n) is 1.42. The predicted octanol–water partition coefficient (Wildman–Crippen LogP) is 4.47. The van der Waals surface area contributed by atoms with Crippen molar-refractivity contribution in [1.82, 2.24) is 0 Å². The molecule has 0 saturated heterocycles. The number of hydrogen-bond acceptors (Lipinski definition) is 1. The van der Waals surface area contributed by atoms with E-state index in [1.807, 2.05) is 0 Å². The van der Waals surface area contributed by atoms with Crippen LogP contribution in [0.3, 0.4) is 0 Å². The van der Waals surface area contributed by atoms with Crippen LogP contribution in [0, 0.1) is 0 Å². The Morgan fingerprint density at radius 2 is 1.61 bits per heavy atom. The lowest BCUT2D eigenvalue weighted by Gasteiger charge is -2.18. The zero-order valence-corrected chi connectivity index (χ0v) is 9.67. The Bertz CT molecular complexity index is 412. The highest BCUT2D eigenvalue weighted by Gasteiger charge is 2.40. The predicted molar refractivity (Wildman–Crippen MR) is 52.6 cm³/mol. The van der Waals surface area contributed by atoms with E-state index in [-0.39, 0.29) is 0 Å². The van der Waals surface area contributed by atoms with Crippen molar-refractivity contribution < 1.29 is 31.1 Å². The molecule has 1 nitrogen and oxygen atoms in total. The fraction of sp³-hybridized carbons (Fsp3) is 0.400. The van der Waals surface area contributed by atoms with Crippen molar-refractivity contribution in [3.63, 3.8) is 0 Å². The van der Waals surface area contributed by atoms with Crippen LogP contribution in [0.1, 0.15) is 16.7 Å².